The first-order valence-corrected chi connectivity index (χ1v) is 3.57. The molecule has 12 heavy (non-hydrogen) atoms. The second kappa shape index (κ2) is 2.62. The molecule has 2 nitrogen and oxygen atoms in total. The van der Waals surface area contributed by atoms with E-state index in [1.807, 2.05) is 0 Å². The maximum absolute atomic E-state index is 12.2. The van der Waals surface area contributed by atoms with Crippen LogP contribution in [-0.2, 0) is 13.2 Å². The van der Waals surface area contributed by atoms with Crippen LogP contribution in [-0.4, -0.2) is 9.78 Å². The number of aromatic amines is 1. The summed E-state index contributed by atoms with van der Waals surface area (Å²) < 4.78 is 37.8. The fourth-order valence-electron chi connectivity index (χ4n) is 0.937. The van der Waals surface area contributed by atoms with E-state index in [1.54, 1.807) is 0 Å². The Morgan fingerprint density at radius 1 is 1.42 bits per heavy atom. The van der Waals surface area contributed by atoms with Crippen molar-refractivity contribution in [2.45, 2.75) is 13.1 Å². The number of nitrogens with one attached hydrogen (secondary N) is 1. The Morgan fingerprint density at radius 3 is 2.08 bits per heavy atom. The Hall–Kier alpha value is -0.780. The lowest BCUT2D eigenvalue weighted by molar-refractivity contribution is -0.141. The van der Waals surface area contributed by atoms with E-state index < -0.39 is 11.9 Å². The van der Waals surface area contributed by atoms with Crippen LogP contribution in [0.2, 0.25) is 0 Å². The predicted molar refractivity (Wildman–Crippen MR) is 40.3 cm³/mol. The molecule has 6 heteroatoms. The molecular formula is C6H7F3N2S. The van der Waals surface area contributed by atoms with E-state index >= 15 is 0 Å². The molecule has 0 radical (unpaired) electrons. The van der Waals surface area contributed by atoms with Gasteiger partial charge in [-0.2, -0.15) is 13.2 Å². The number of hydrogen-bond donors (Lipinski definition) is 1. The van der Waals surface area contributed by atoms with Crippen LogP contribution in [0.1, 0.15) is 11.3 Å². The number of nitrogens with zero attached hydrogens (tertiary/aromatic N) is 1. The first-order valence-electron chi connectivity index (χ1n) is 3.17. The average Bonchev–Trinajstić information content (AvgIpc) is 2.15. The average molecular weight is 196 g/mol. The number of hydrogen-bond acceptors (Lipinski definition) is 1. The zero-order valence-corrected chi connectivity index (χ0v) is 7.31. The van der Waals surface area contributed by atoms with Crippen LogP contribution in [0, 0.1) is 11.6 Å². The Kier molecular flexibility index (Phi) is 2.03. The maximum atomic E-state index is 12.2. The molecule has 0 amide bonds. The number of halogens is 3. The van der Waals surface area contributed by atoms with Gasteiger partial charge in [-0.25, -0.2) is 0 Å². The van der Waals surface area contributed by atoms with Crippen molar-refractivity contribution in [3.05, 3.63) is 15.9 Å². The van der Waals surface area contributed by atoms with Gasteiger partial charge >= 0.3 is 6.18 Å². The molecule has 1 aromatic rings. The highest BCUT2D eigenvalue weighted by Gasteiger charge is 2.35. The van der Waals surface area contributed by atoms with E-state index in [1.165, 1.54) is 18.7 Å². The first kappa shape index (κ1) is 9.31. The molecule has 1 rings (SSSR count). The van der Waals surface area contributed by atoms with Gasteiger partial charge in [0.05, 0.1) is 0 Å². The molecule has 0 aliphatic carbocycles. The first-order chi connectivity index (χ1) is 5.34. The van der Waals surface area contributed by atoms with E-state index in [2.05, 4.69) is 5.10 Å². The third-order valence-electron chi connectivity index (χ3n) is 1.56. The van der Waals surface area contributed by atoms with Crippen molar-refractivity contribution in [1.82, 2.24) is 9.78 Å². The lowest BCUT2D eigenvalue weighted by Gasteiger charge is -2.03. The molecule has 68 valence electrons. The summed E-state index contributed by atoms with van der Waals surface area (Å²) in [6, 6.07) is 0. The normalized spacial score (nSPS) is 12.1. The van der Waals surface area contributed by atoms with E-state index in [0.717, 1.165) is 0 Å². The summed E-state index contributed by atoms with van der Waals surface area (Å²) in [5.74, 6) is 0. The lowest BCUT2D eigenvalue weighted by atomic mass is 10.3. The molecule has 0 bridgehead atoms. The second-order valence-corrected chi connectivity index (χ2v) is 2.86. The monoisotopic (exact) mass is 196 g/mol. The summed E-state index contributed by atoms with van der Waals surface area (Å²) in [5, 5.41) is 2.14. The van der Waals surface area contributed by atoms with E-state index in [4.69, 9.17) is 12.2 Å². The Labute approximate surface area is 72.0 Å². The molecule has 0 fully saturated rings. The third-order valence-corrected chi connectivity index (χ3v) is 2.14. The quantitative estimate of drug-likeness (QED) is 0.632. The van der Waals surface area contributed by atoms with Crippen molar-refractivity contribution in [2.75, 3.05) is 0 Å². The molecule has 0 unspecified atom stereocenters. The number of H-pyrrole nitrogens is 1. The van der Waals surface area contributed by atoms with Crippen LogP contribution in [0.25, 0.3) is 0 Å². The topological polar surface area (TPSA) is 20.7 Å². The van der Waals surface area contributed by atoms with Crippen LogP contribution in [0.4, 0.5) is 13.2 Å². The van der Waals surface area contributed by atoms with Crippen LogP contribution >= 0.6 is 12.2 Å². The molecule has 0 spiro atoms. The minimum atomic E-state index is -4.35. The third kappa shape index (κ3) is 1.38. The molecule has 1 aromatic heterocycles. The second-order valence-electron chi connectivity index (χ2n) is 2.47. The van der Waals surface area contributed by atoms with Crippen LogP contribution in [0.5, 0.6) is 0 Å². The van der Waals surface area contributed by atoms with Gasteiger partial charge in [0, 0.05) is 12.6 Å². The van der Waals surface area contributed by atoms with Gasteiger partial charge in [0.15, 0.2) is 0 Å². The van der Waals surface area contributed by atoms with Crippen molar-refractivity contribution in [2.24, 2.45) is 7.05 Å². The summed E-state index contributed by atoms with van der Waals surface area (Å²) in [4.78, 5) is 0. The molecule has 0 aliphatic heterocycles. The molecule has 0 aromatic carbocycles. The summed E-state index contributed by atoms with van der Waals surface area (Å²) in [7, 11) is 1.45. The number of aromatic nitrogens is 2. The smallest absolute Gasteiger partial charge is 0.293 e. The fourth-order valence-corrected chi connectivity index (χ4v) is 1.08. The van der Waals surface area contributed by atoms with Crippen molar-refractivity contribution >= 4 is 12.2 Å². The van der Waals surface area contributed by atoms with Gasteiger partial charge in [0.25, 0.3) is 0 Å². The molecular weight excluding hydrogens is 189 g/mol. The van der Waals surface area contributed by atoms with Crippen LogP contribution in [0.3, 0.4) is 0 Å². The van der Waals surface area contributed by atoms with Crippen molar-refractivity contribution in [1.29, 1.82) is 0 Å². The zero-order valence-electron chi connectivity index (χ0n) is 6.49. The van der Waals surface area contributed by atoms with Crippen LogP contribution < -0.4 is 0 Å². The van der Waals surface area contributed by atoms with Gasteiger partial charge in [-0.3, -0.25) is 9.78 Å². The largest absolute Gasteiger partial charge is 0.433 e. The Morgan fingerprint density at radius 2 is 1.92 bits per heavy atom. The van der Waals surface area contributed by atoms with Crippen molar-refractivity contribution < 1.29 is 13.2 Å². The van der Waals surface area contributed by atoms with Crippen molar-refractivity contribution in [3.63, 3.8) is 0 Å². The Balaban J connectivity index is 3.38. The Bertz CT molecular complexity index is 347. The highest BCUT2D eigenvalue weighted by molar-refractivity contribution is 7.71. The van der Waals surface area contributed by atoms with Gasteiger partial charge in [-0.15, -0.1) is 0 Å². The van der Waals surface area contributed by atoms with Gasteiger partial charge in [-0.05, 0) is 6.92 Å². The summed E-state index contributed by atoms with van der Waals surface area (Å²) in [6.07, 6.45) is -4.35. The molecule has 0 saturated heterocycles. The fraction of sp³-hybridized carbons (Fsp3) is 0.500. The summed E-state index contributed by atoms with van der Waals surface area (Å²) in [5.41, 5.74) is -0.699. The lowest BCUT2D eigenvalue weighted by Crippen LogP contribution is -2.08. The molecule has 1 heterocycles. The highest BCUT2D eigenvalue weighted by atomic mass is 32.1. The minimum Gasteiger partial charge on any atom is -0.293 e. The van der Waals surface area contributed by atoms with Gasteiger partial charge < -0.3 is 0 Å². The number of aryl methyl sites for hydroxylation is 1. The van der Waals surface area contributed by atoms with Crippen molar-refractivity contribution in [3.8, 4) is 0 Å². The van der Waals surface area contributed by atoms with Gasteiger partial charge in [0.2, 0.25) is 0 Å². The number of alkyl halides is 3. The molecule has 0 atom stereocenters. The van der Waals surface area contributed by atoms with E-state index in [0.29, 0.717) is 0 Å². The van der Waals surface area contributed by atoms with Gasteiger partial charge in [-0.1, -0.05) is 12.2 Å². The highest BCUT2D eigenvalue weighted by Crippen LogP contribution is 2.30. The SMILES string of the molecule is Cc1c(C(F)(F)F)[nH]n(C)c1=S. The number of rotatable bonds is 0. The zero-order chi connectivity index (χ0) is 9.52. The molecule has 0 aliphatic rings. The van der Waals surface area contributed by atoms with E-state index in [-0.39, 0.29) is 10.2 Å². The summed E-state index contributed by atoms with van der Waals surface area (Å²) in [6.45, 7) is 1.35. The van der Waals surface area contributed by atoms with Crippen LogP contribution in [0.15, 0.2) is 0 Å². The minimum absolute atomic E-state index is 0.0694. The van der Waals surface area contributed by atoms with E-state index in [9.17, 15) is 13.2 Å². The molecule has 1 N–H and O–H groups in total. The maximum Gasteiger partial charge on any atom is 0.433 e. The predicted octanol–water partition coefficient (Wildman–Crippen LogP) is 2.41. The standard InChI is InChI=1S/C6H7F3N2S/c1-3-4(6(7,8)9)10-11(2)5(3)12/h10H,1-2H3. The summed E-state index contributed by atoms with van der Waals surface area (Å²) >= 11 is 4.72. The van der Waals surface area contributed by atoms with Gasteiger partial charge in [0.1, 0.15) is 10.3 Å². The molecule has 0 saturated carbocycles.